The SMILES string of the molecule is O=C(NCC1CCN(CCc2ccc(F)cc2)CC1)C1=Cc2[nH]nc3cccc(c23)S1. The number of amides is 1. The Kier molecular flexibility index (Phi) is 5.78. The van der Waals surface area contributed by atoms with Crippen molar-refractivity contribution in [3.05, 3.63) is 64.4 Å². The van der Waals surface area contributed by atoms with E-state index in [-0.39, 0.29) is 11.7 Å². The summed E-state index contributed by atoms with van der Waals surface area (Å²) in [6.45, 7) is 3.78. The average molecular weight is 437 g/mol. The van der Waals surface area contributed by atoms with Crippen LogP contribution in [0, 0.1) is 11.7 Å². The number of aromatic nitrogens is 2. The zero-order valence-electron chi connectivity index (χ0n) is 17.2. The Balaban J connectivity index is 1.09. The number of hydrogen-bond donors (Lipinski definition) is 2. The summed E-state index contributed by atoms with van der Waals surface area (Å²) in [6, 6.07) is 12.8. The Labute approximate surface area is 185 Å². The molecule has 5 nitrogen and oxygen atoms in total. The molecular weight excluding hydrogens is 411 g/mol. The lowest BCUT2D eigenvalue weighted by molar-refractivity contribution is -0.117. The van der Waals surface area contributed by atoms with Gasteiger partial charge in [0.2, 0.25) is 0 Å². The van der Waals surface area contributed by atoms with Gasteiger partial charge in [-0.05, 0) is 74.2 Å². The smallest absolute Gasteiger partial charge is 0.258 e. The molecule has 3 aromatic rings. The Hall–Kier alpha value is -2.64. The molecule has 0 bridgehead atoms. The van der Waals surface area contributed by atoms with E-state index in [9.17, 15) is 9.18 Å². The number of halogens is 1. The summed E-state index contributed by atoms with van der Waals surface area (Å²) in [4.78, 5) is 17.0. The lowest BCUT2D eigenvalue weighted by Gasteiger charge is -2.32. The summed E-state index contributed by atoms with van der Waals surface area (Å²) < 4.78 is 13.0. The minimum Gasteiger partial charge on any atom is -0.351 e. The van der Waals surface area contributed by atoms with E-state index < -0.39 is 0 Å². The first-order valence-corrected chi connectivity index (χ1v) is 11.6. The molecule has 0 unspecified atom stereocenters. The predicted octanol–water partition coefficient (Wildman–Crippen LogP) is 4.22. The fraction of sp³-hybridized carbons (Fsp3) is 0.333. The van der Waals surface area contributed by atoms with Crippen LogP contribution in [0.15, 0.2) is 52.3 Å². The number of H-pyrrole nitrogens is 1. The lowest BCUT2D eigenvalue weighted by atomic mass is 9.96. The zero-order chi connectivity index (χ0) is 21.2. The van der Waals surface area contributed by atoms with E-state index in [0.717, 1.165) is 60.4 Å². The Morgan fingerprint density at radius 2 is 2.00 bits per heavy atom. The van der Waals surface area contributed by atoms with Crippen LogP contribution >= 0.6 is 11.8 Å². The second kappa shape index (κ2) is 8.85. The highest BCUT2D eigenvalue weighted by molar-refractivity contribution is 8.04. The number of carbonyl (C=O) groups excluding carboxylic acids is 1. The number of carbonyl (C=O) groups is 1. The van der Waals surface area contributed by atoms with Crippen molar-refractivity contribution < 1.29 is 9.18 Å². The van der Waals surface area contributed by atoms with Gasteiger partial charge >= 0.3 is 0 Å². The normalized spacial score (nSPS) is 17.0. The maximum absolute atomic E-state index is 13.0. The molecule has 3 heterocycles. The van der Waals surface area contributed by atoms with Gasteiger partial charge < -0.3 is 10.2 Å². The van der Waals surface area contributed by atoms with E-state index in [4.69, 9.17) is 0 Å². The number of thioether (sulfide) groups is 1. The summed E-state index contributed by atoms with van der Waals surface area (Å²) in [6.07, 6.45) is 5.01. The van der Waals surface area contributed by atoms with Gasteiger partial charge in [0.25, 0.3) is 5.91 Å². The molecule has 0 radical (unpaired) electrons. The van der Waals surface area contributed by atoms with Gasteiger partial charge in [0.15, 0.2) is 0 Å². The summed E-state index contributed by atoms with van der Waals surface area (Å²) in [5.74, 6) is 0.309. The number of nitrogens with zero attached hydrogens (tertiary/aromatic N) is 2. The second-order valence-electron chi connectivity index (χ2n) is 8.27. The van der Waals surface area contributed by atoms with Crippen molar-refractivity contribution in [2.24, 2.45) is 5.92 Å². The predicted molar refractivity (Wildman–Crippen MR) is 122 cm³/mol. The van der Waals surface area contributed by atoms with E-state index in [1.54, 1.807) is 0 Å². The van der Waals surface area contributed by atoms with Crippen molar-refractivity contribution in [3.63, 3.8) is 0 Å². The number of hydrogen-bond acceptors (Lipinski definition) is 4. The fourth-order valence-corrected chi connectivity index (χ4v) is 5.36. The summed E-state index contributed by atoms with van der Waals surface area (Å²) >= 11 is 1.51. The second-order valence-corrected chi connectivity index (χ2v) is 9.35. The van der Waals surface area contributed by atoms with Crippen LogP contribution < -0.4 is 5.32 Å². The van der Waals surface area contributed by atoms with Gasteiger partial charge in [-0.2, -0.15) is 5.10 Å². The van der Waals surface area contributed by atoms with E-state index in [1.165, 1.54) is 29.5 Å². The Morgan fingerprint density at radius 1 is 1.19 bits per heavy atom. The first kappa shape index (κ1) is 20.3. The van der Waals surface area contributed by atoms with Crippen LogP contribution in [0.3, 0.4) is 0 Å². The first-order chi connectivity index (χ1) is 15.2. The van der Waals surface area contributed by atoms with Gasteiger partial charge in [0.1, 0.15) is 5.82 Å². The molecule has 2 aromatic carbocycles. The number of nitrogens with one attached hydrogen (secondary N) is 2. The molecule has 2 aliphatic rings. The fourth-order valence-electron chi connectivity index (χ4n) is 4.32. The summed E-state index contributed by atoms with van der Waals surface area (Å²) in [5.41, 5.74) is 3.01. The number of benzene rings is 2. The monoisotopic (exact) mass is 436 g/mol. The van der Waals surface area contributed by atoms with Gasteiger partial charge in [-0.15, -0.1) is 0 Å². The highest BCUT2D eigenvalue weighted by atomic mass is 32.2. The van der Waals surface area contributed by atoms with Crippen LogP contribution in [-0.2, 0) is 11.2 Å². The van der Waals surface area contributed by atoms with Crippen molar-refractivity contribution in [2.45, 2.75) is 24.2 Å². The molecule has 31 heavy (non-hydrogen) atoms. The molecule has 5 rings (SSSR count). The minimum atomic E-state index is -0.184. The summed E-state index contributed by atoms with van der Waals surface area (Å²) in [7, 11) is 0. The Bertz CT molecular complexity index is 1120. The van der Waals surface area contributed by atoms with Gasteiger partial charge in [-0.1, -0.05) is 30.0 Å². The molecule has 1 fully saturated rings. The van der Waals surface area contributed by atoms with Gasteiger partial charge in [0.05, 0.1) is 16.1 Å². The third-order valence-corrected chi connectivity index (χ3v) is 7.26. The van der Waals surface area contributed by atoms with Crippen molar-refractivity contribution >= 4 is 34.6 Å². The highest BCUT2D eigenvalue weighted by Crippen LogP contribution is 2.39. The molecule has 160 valence electrons. The number of likely N-dealkylation sites (tertiary alicyclic amines) is 1. The Morgan fingerprint density at radius 3 is 2.81 bits per heavy atom. The quantitative estimate of drug-likeness (QED) is 0.607. The van der Waals surface area contributed by atoms with Crippen LogP contribution in [0.5, 0.6) is 0 Å². The van der Waals surface area contributed by atoms with E-state index >= 15 is 0 Å². The molecular formula is C24H25FN4OS. The topological polar surface area (TPSA) is 61.0 Å². The van der Waals surface area contributed by atoms with Crippen molar-refractivity contribution in [1.29, 1.82) is 0 Å². The van der Waals surface area contributed by atoms with E-state index in [2.05, 4.69) is 20.4 Å². The lowest BCUT2D eigenvalue weighted by Crippen LogP contribution is -2.39. The van der Waals surface area contributed by atoms with Gasteiger partial charge in [0, 0.05) is 23.4 Å². The largest absolute Gasteiger partial charge is 0.351 e. The molecule has 0 atom stereocenters. The maximum atomic E-state index is 13.0. The number of rotatable bonds is 6. The third kappa shape index (κ3) is 4.52. The molecule has 1 saturated heterocycles. The van der Waals surface area contributed by atoms with Crippen molar-refractivity contribution in [3.8, 4) is 0 Å². The molecule has 0 saturated carbocycles. The average Bonchev–Trinajstić information content (AvgIpc) is 3.22. The molecule has 2 N–H and O–H groups in total. The molecule has 1 aromatic heterocycles. The molecule has 0 aliphatic carbocycles. The first-order valence-electron chi connectivity index (χ1n) is 10.8. The van der Waals surface area contributed by atoms with Crippen LogP contribution in [0.1, 0.15) is 24.1 Å². The van der Waals surface area contributed by atoms with E-state index in [0.29, 0.717) is 17.4 Å². The van der Waals surface area contributed by atoms with Crippen LogP contribution in [0.25, 0.3) is 17.0 Å². The van der Waals surface area contributed by atoms with Crippen LogP contribution in [0.4, 0.5) is 4.39 Å². The molecule has 1 amide bonds. The maximum Gasteiger partial charge on any atom is 0.258 e. The molecule has 7 heteroatoms. The van der Waals surface area contributed by atoms with Gasteiger partial charge in [-0.3, -0.25) is 9.89 Å². The summed E-state index contributed by atoms with van der Waals surface area (Å²) in [5, 5.41) is 11.6. The number of piperidine rings is 1. The van der Waals surface area contributed by atoms with Crippen LogP contribution in [-0.4, -0.2) is 47.2 Å². The number of aromatic amines is 1. The van der Waals surface area contributed by atoms with Crippen LogP contribution in [0.2, 0.25) is 0 Å². The molecule has 0 spiro atoms. The van der Waals surface area contributed by atoms with Crippen molar-refractivity contribution in [1.82, 2.24) is 20.4 Å². The highest BCUT2D eigenvalue weighted by Gasteiger charge is 2.23. The zero-order valence-corrected chi connectivity index (χ0v) is 18.1. The van der Waals surface area contributed by atoms with Gasteiger partial charge in [-0.25, -0.2) is 4.39 Å². The minimum absolute atomic E-state index is 0.0130. The van der Waals surface area contributed by atoms with E-state index in [1.807, 2.05) is 36.4 Å². The van der Waals surface area contributed by atoms with Crippen molar-refractivity contribution in [2.75, 3.05) is 26.2 Å². The third-order valence-electron chi connectivity index (χ3n) is 6.18. The standard InChI is InChI=1S/C24H25FN4OS/c25-18-6-4-16(5-7-18)8-11-29-12-9-17(10-13-29)15-26-24(30)22-14-20-23-19(27-28-20)2-1-3-21(23)31-22/h1-7,14,17H,8-13,15H2,(H,26,30)(H,27,28). The molecule has 2 aliphatic heterocycles.